The molecule has 0 saturated heterocycles. The van der Waals surface area contributed by atoms with Crippen molar-refractivity contribution in [2.75, 3.05) is 6.54 Å². The zero-order chi connectivity index (χ0) is 15.5. The average Bonchev–Trinajstić information content (AvgIpc) is 2.49. The third-order valence-electron chi connectivity index (χ3n) is 3.61. The lowest BCUT2D eigenvalue weighted by molar-refractivity contribution is -0.116. The van der Waals surface area contributed by atoms with Crippen LogP contribution in [0.25, 0.3) is 6.08 Å². The van der Waals surface area contributed by atoms with Crippen LogP contribution in [0.1, 0.15) is 69.9 Å². The second kappa shape index (κ2) is 10.2. The number of rotatable bonds is 9. The van der Waals surface area contributed by atoms with Gasteiger partial charge in [-0.25, -0.2) is 0 Å². The Morgan fingerprint density at radius 1 is 1.10 bits per heavy atom. The third-order valence-corrected chi connectivity index (χ3v) is 3.61. The summed E-state index contributed by atoms with van der Waals surface area (Å²) in [5.41, 5.74) is 2.39. The summed E-state index contributed by atoms with van der Waals surface area (Å²) in [4.78, 5) is 11.7. The molecule has 1 aromatic rings. The number of amides is 1. The Morgan fingerprint density at radius 3 is 2.38 bits per heavy atom. The minimum Gasteiger partial charge on any atom is -0.353 e. The van der Waals surface area contributed by atoms with Gasteiger partial charge in [-0.2, -0.15) is 0 Å². The summed E-state index contributed by atoms with van der Waals surface area (Å²) in [5, 5.41) is 2.93. The van der Waals surface area contributed by atoms with Crippen LogP contribution in [0, 0.1) is 0 Å². The van der Waals surface area contributed by atoms with Crippen LogP contribution in [0.2, 0.25) is 0 Å². The van der Waals surface area contributed by atoms with Gasteiger partial charge in [0.25, 0.3) is 0 Å². The topological polar surface area (TPSA) is 29.1 Å². The zero-order valence-corrected chi connectivity index (χ0v) is 13.7. The van der Waals surface area contributed by atoms with Crippen molar-refractivity contribution in [1.29, 1.82) is 0 Å². The highest BCUT2D eigenvalue weighted by Gasteiger charge is 1.98. The van der Waals surface area contributed by atoms with E-state index in [4.69, 9.17) is 0 Å². The number of unbranched alkanes of at least 4 members (excludes halogenated alkanes) is 4. The first-order valence-electron chi connectivity index (χ1n) is 8.19. The number of benzene rings is 1. The van der Waals surface area contributed by atoms with Gasteiger partial charge in [-0.3, -0.25) is 4.79 Å². The van der Waals surface area contributed by atoms with Gasteiger partial charge < -0.3 is 5.32 Å². The van der Waals surface area contributed by atoms with Gasteiger partial charge in [0.2, 0.25) is 5.91 Å². The summed E-state index contributed by atoms with van der Waals surface area (Å²) in [5.74, 6) is 0.539. The zero-order valence-electron chi connectivity index (χ0n) is 13.7. The minimum atomic E-state index is -0.00146. The van der Waals surface area contributed by atoms with E-state index in [1.807, 2.05) is 6.08 Å². The van der Waals surface area contributed by atoms with E-state index in [0.717, 1.165) is 18.5 Å². The lowest BCUT2D eigenvalue weighted by atomic mass is 10.0. The van der Waals surface area contributed by atoms with Crippen LogP contribution < -0.4 is 5.32 Å². The van der Waals surface area contributed by atoms with Crippen molar-refractivity contribution in [2.24, 2.45) is 0 Å². The van der Waals surface area contributed by atoms with Crippen molar-refractivity contribution < 1.29 is 4.79 Å². The van der Waals surface area contributed by atoms with E-state index in [0.29, 0.717) is 5.92 Å². The summed E-state index contributed by atoms with van der Waals surface area (Å²) < 4.78 is 0. The molecular weight excluding hydrogens is 258 g/mol. The van der Waals surface area contributed by atoms with E-state index in [-0.39, 0.29) is 5.91 Å². The highest BCUT2D eigenvalue weighted by molar-refractivity contribution is 5.91. The molecule has 0 spiro atoms. The number of carbonyl (C=O) groups excluding carboxylic acids is 1. The van der Waals surface area contributed by atoms with Gasteiger partial charge >= 0.3 is 0 Å². The highest BCUT2D eigenvalue weighted by Crippen LogP contribution is 2.15. The fourth-order valence-electron chi connectivity index (χ4n) is 2.16. The Balaban J connectivity index is 2.27. The Kier molecular flexibility index (Phi) is 8.49. The normalized spacial score (nSPS) is 11.2. The van der Waals surface area contributed by atoms with E-state index in [1.54, 1.807) is 6.08 Å². The monoisotopic (exact) mass is 287 g/mol. The molecule has 2 heteroatoms. The lowest BCUT2D eigenvalue weighted by Crippen LogP contribution is -2.21. The third kappa shape index (κ3) is 7.69. The first kappa shape index (κ1) is 17.5. The number of nitrogens with one attached hydrogen (secondary N) is 1. The molecule has 0 fully saturated rings. The van der Waals surface area contributed by atoms with Crippen molar-refractivity contribution in [3.8, 4) is 0 Å². The van der Waals surface area contributed by atoms with Crippen LogP contribution in [0.15, 0.2) is 30.3 Å². The van der Waals surface area contributed by atoms with Gasteiger partial charge in [0.15, 0.2) is 0 Å². The SMILES string of the molecule is CCCCCCCNC(=O)C=Cc1ccc(C(C)C)cc1. The van der Waals surface area contributed by atoms with E-state index in [9.17, 15) is 4.79 Å². The van der Waals surface area contributed by atoms with Crippen molar-refractivity contribution in [1.82, 2.24) is 5.32 Å². The fourth-order valence-corrected chi connectivity index (χ4v) is 2.16. The van der Waals surface area contributed by atoms with Crippen LogP contribution in [0.3, 0.4) is 0 Å². The smallest absolute Gasteiger partial charge is 0.243 e. The molecule has 1 rings (SSSR count). The average molecular weight is 287 g/mol. The molecular formula is C19H29NO. The van der Waals surface area contributed by atoms with E-state index >= 15 is 0 Å². The molecule has 1 aromatic carbocycles. The van der Waals surface area contributed by atoms with Gasteiger partial charge in [-0.05, 0) is 29.5 Å². The van der Waals surface area contributed by atoms with E-state index in [1.165, 1.54) is 31.2 Å². The molecule has 2 nitrogen and oxygen atoms in total. The Morgan fingerprint density at radius 2 is 1.76 bits per heavy atom. The molecule has 21 heavy (non-hydrogen) atoms. The first-order valence-corrected chi connectivity index (χ1v) is 8.19. The van der Waals surface area contributed by atoms with Gasteiger partial charge in [0.05, 0.1) is 0 Å². The number of hydrogen-bond donors (Lipinski definition) is 1. The molecule has 0 aliphatic rings. The van der Waals surface area contributed by atoms with Crippen LogP contribution in [0.5, 0.6) is 0 Å². The van der Waals surface area contributed by atoms with Gasteiger partial charge in [0.1, 0.15) is 0 Å². The molecule has 0 radical (unpaired) electrons. The predicted octanol–water partition coefficient (Wildman–Crippen LogP) is 4.91. The first-order chi connectivity index (χ1) is 10.1. The summed E-state index contributed by atoms with van der Waals surface area (Å²) in [6.45, 7) is 7.34. The summed E-state index contributed by atoms with van der Waals surface area (Å²) >= 11 is 0. The molecule has 116 valence electrons. The Hall–Kier alpha value is -1.57. The Labute approximate surface area is 129 Å². The van der Waals surface area contributed by atoms with E-state index in [2.05, 4.69) is 50.4 Å². The van der Waals surface area contributed by atoms with Crippen LogP contribution in [0.4, 0.5) is 0 Å². The maximum absolute atomic E-state index is 11.7. The standard InChI is InChI=1S/C19H29NO/c1-4-5-6-7-8-15-20-19(21)14-11-17-9-12-18(13-10-17)16(2)3/h9-14,16H,4-8,15H2,1-3H3,(H,20,21). The van der Waals surface area contributed by atoms with Crippen LogP contribution in [-0.4, -0.2) is 12.5 Å². The molecule has 0 aromatic heterocycles. The second-order valence-electron chi connectivity index (χ2n) is 5.86. The molecule has 0 heterocycles. The highest BCUT2D eigenvalue weighted by atomic mass is 16.1. The van der Waals surface area contributed by atoms with Crippen molar-refractivity contribution >= 4 is 12.0 Å². The molecule has 0 atom stereocenters. The molecule has 1 N–H and O–H groups in total. The maximum atomic E-state index is 11.7. The van der Waals surface area contributed by atoms with Crippen LogP contribution >= 0.6 is 0 Å². The predicted molar refractivity (Wildman–Crippen MR) is 91.3 cm³/mol. The van der Waals surface area contributed by atoms with Crippen molar-refractivity contribution in [2.45, 2.75) is 58.8 Å². The second-order valence-corrected chi connectivity index (χ2v) is 5.86. The fraction of sp³-hybridized carbons (Fsp3) is 0.526. The molecule has 1 amide bonds. The molecule has 0 saturated carbocycles. The summed E-state index contributed by atoms with van der Waals surface area (Å²) in [6.07, 6.45) is 9.58. The van der Waals surface area contributed by atoms with E-state index < -0.39 is 0 Å². The summed E-state index contributed by atoms with van der Waals surface area (Å²) in [6, 6.07) is 8.36. The van der Waals surface area contributed by atoms with Crippen molar-refractivity contribution in [3.05, 3.63) is 41.5 Å². The quantitative estimate of drug-likeness (QED) is 0.507. The van der Waals surface area contributed by atoms with Gasteiger partial charge in [-0.1, -0.05) is 70.7 Å². The lowest BCUT2D eigenvalue weighted by Gasteiger charge is -2.05. The van der Waals surface area contributed by atoms with Crippen LogP contribution in [-0.2, 0) is 4.79 Å². The molecule has 0 unspecified atom stereocenters. The Bertz CT molecular complexity index is 431. The molecule has 0 aliphatic carbocycles. The number of carbonyl (C=O) groups is 1. The van der Waals surface area contributed by atoms with Gasteiger partial charge in [0, 0.05) is 12.6 Å². The van der Waals surface area contributed by atoms with Crippen molar-refractivity contribution in [3.63, 3.8) is 0 Å². The number of hydrogen-bond acceptors (Lipinski definition) is 1. The van der Waals surface area contributed by atoms with Gasteiger partial charge in [-0.15, -0.1) is 0 Å². The minimum absolute atomic E-state index is 0.00146. The summed E-state index contributed by atoms with van der Waals surface area (Å²) in [7, 11) is 0. The largest absolute Gasteiger partial charge is 0.353 e. The molecule has 0 bridgehead atoms. The maximum Gasteiger partial charge on any atom is 0.243 e. The molecule has 0 aliphatic heterocycles.